The van der Waals surface area contributed by atoms with Crippen LogP contribution in [-0.2, 0) is 0 Å². The Kier molecular flexibility index (Phi) is 7.83. The predicted molar refractivity (Wildman–Crippen MR) is 82.1 cm³/mol. The van der Waals surface area contributed by atoms with Gasteiger partial charge < -0.3 is 15.8 Å². The first-order valence-electron chi connectivity index (χ1n) is 5.27. The summed E-state index contributed by atoms with van der Waals surface area (Å²) in [4.78, 5) is 3.85. The number of rotatable bonds is 4. The molecule has 0 aliphatic heterocycles. The summed E-state index contributed by atoms with van der Waals surface area (Å²) in [7, 11) is 0. The maximum absolute atomic E-state index is 12.2. The van der Waals surface area contributed by atoms with Gasteiger partial charge in [-0.3, -0.25) is 4.99 Å². The zero-order valence-electron chi connectivity index (χ0n) is 10.3. The van der Waals surface area contributed by atoms with Gasteiger partial charge in [0.05, 0.1) is 12.2 Å². The quantitative estimate of drug-likeness (QED) is 0.269. The summed E-state index contributed by atoms with van der Waals surface area (Å²) >= 11 is 0. The molecule has 0 spiro atoms. The van der Waals surface area contributed by atoms with Gasteiger partial charge in [-0.25, -0.2) is 0 Å². The largest absolute Gasteiger partial charge is 0.573 e. The van der Waals surface area contributed by atoms with Gasteiger partial charge in [0.2, 0.25) is 0 Å². The second-order valence-corrected chi connectivity index (χ2v) is 3.39. The molecule has 0 bridgehead atoms. The predicted octanol–water partition coefficient (Wildman–Crippen LogP) is 2.95. The van der Waals surface area contributed by atoms with Crippen LogP contribution in [0.15, 0.2) is 29.3 Å². The smallest absolute Gasteiger partial charge is 0.404 e. The summed E-state index contributed by atoms with van der Waals surface area (Å²) in [6.07, 6.45) is 0.657. The van der Waals surface area contributed by atoms with E-state index in [4.69, 9.17) is 12.2 Å². The molecule has 1 aromatic carbocycles. The van der Waals surface area contributed by atoms with Crippen LogP contribution in [0.25, 0.3) is 0 Å². The Morgan fingerprint density at radius 2 is 2.05 bits per heavy atom. The normalized spacial score (nSPS) is 11.2. The molecule has 8 heteroatoms. The van der Waals surface area contributed by atoms with Gasteiger partial charge in [0.15, 0.2) is 11.7 Å². The minimum Gasteiger partial charge on any atom is -0.404 e. The van der Waals surface area contributed by atoms with Crippen molar-refractivity contribution in [1.82, 2.24) is 0 Å². The molecular formula is C12H13F3IN3O. The Morgan fingerprint density at radius 3 is 2.65 bits per heavy atom. The van der Waals surface area contributed by atoms with Crippen LogP contribution in [0.3, 0.4) is 0 Å². The van der Waals surface area contributed by atoms with Gasteiger partial charge in [0.1, 0.15) is 0 Å². The number of nitrogens with one attached hydrogen (secondary N) is 1. The zero-order chi connectivity index (χ0) is 14.3. The summed E-state index contributed by atoms with van der Waals surface area (Å²) in [5.74, 6) is 1.95. The highest BCUT2D eigenvalue weighted by Gasteiger charge is 2.32. The Morgan fingerprint density at radius 1 is 1.40 bits per heavy atom. The van der Waals surface area contributed by atoms with Crippen LogP contribution in [0.4, 0.5) is 18.9 Å². The third kappa shape index (κ3) is 7.08. The van der Waals surface area contributed by atoms with Crippen molar-refractivity contribution < 1.29 is 17.9 Å². The number of hydrogen-bond acceptors (Lipinski definition) is 2. The van der Waals surface area contributed by atoms with E-state index in [2.05, 4.69) is 21.0 Å². The van der Waals surface area contributed by atoms with Crippen molar-refractivity contribution in [2.45, 2.75) is 12.8 Å². The van der Waals surface area contributed by atoms with Crippen molar-refractivity contribution in [3.8, 4) is 18.1 Å². The van der Waals surface area contributed by atoms with Gasteiger partial charge >= 0.3 is 6.36 Å². The minimum atomic E-state index is -4.77. The van der Waals surface area contributed by atoms with E-state index in [1.165, 1.54) is 18.2 Å². The van der Waals surface area contributed by atoms with Crippen molar-refractivity contribution in [2.75, 3.05) is 11.9 Å². The summed E-state index contributed by atoms with van der Waals surface area (Å²) in [5, 5.41) is 2.53. The summed E-state index contributed by atoms with van der Waals surface area (Å²) in [5.41, 5.74) is 5.58. The molecule has 20 heavy (non-hydrogen) atoms. The summed E-state index contributed by atoms with van der Waals surface area (Å²) < 4.78 is 40.4. The maximum atomic E-state index is 12.2. The van der Waals surface area contributed by atoms with Crippen molar-refractivity contribution in [1.29, 1.82) is 0 Å². The van der Waals surface area contributed by atoms with E-state index in [-0.39, 0.29) is 47.9 Å². The summed E-state index contributed by atoms with van der Waals surface area (Å²) in [6.45, 7) is 0.289. The molecular weight excluding hydrogens is 386 g/mol. The summed E-state index contributed by atoms with van der Waals surface area (Å²) in [6, 6.07) is 5.52. The molecule has 0 radical (unpaired) electrons. The Hall–Kier alpha value is -1.63. The highest BCUT2D eigenvalue weighted by molar-refractivity contribution is 14.0. The Bertz CT molecular complexity index is 497. The Labute approximate surface area is 131 Å². The third-order valence-electron chi connectivity index (χ3n) is 1.91. The fourth-order valence-corrected chi connectivity index (χ4v) is 1.20. The van der Waals surface area contributed by atoms with Crippen molar-refractivity contribution in [3.05, 3.63) is 24.3 Å². The monoisotopic (exact) mass is 399 g/mol. The van der Waals surface area contributed by atoms with Gasteiger partial charge in [0.25, 0.3) is 0 Å². The number of ether oxygens (including phenoxy) is 1. The minimum absolute atomic E-state index is 0. The molecule has 0 atom stereocenters. The number of para-hydroxylation sites is 2. The lowest BCUT2D eigenvalue weighted by atomic mass is 10.3. The van der Waals surface area contributed by atoms with Gasteiger partial charge in [-0.1, -0.05) is 12.1 Å². The lowest BCUT2D eigenvalue weighted by Gasteiger charge is -2.13. The number of halogens is 4. The van der Waals surface area contributed by atoms with Crippen LogP contribution in [-0.4, -0.2) is 18.9 Å². The lowest BCUT2D eigenvalue weighted by Crippen LogP contribution is -2.24. The molecule has 1 rings (SSSR count). The van der Waals surface area contributed by atoms with Crippen LogP contribution in [0.2, 0.25) is 0 Å². The molecule has 0 aliphatic carbocycles. The highest BCUT2D eigenvalue weighted by Crippen LogP contribution is 2.29. The number of benzene rings is 1. The number of aliphatic imine (C=N–C) groups is 1. The molecule has 0 aliphatic rings. The van der Waals surface area contributed by atoms with Crippen LogP contribution in [0.1, 0.15) is 6.42 Å². The van der Waals surface area contributed by atoms with E-state index in [9.17, 15) is 13.2 Å². The average molecular weight is 399 g/mol. The number of hydrogen-bond donors (Lipinski definition) is 2. The van der Waals surface area contributed by atoms with Crippen LogP contribution < -0.4 is 15.8 Å². The average Bonchev–Trinajstić information content (AvgIpc) is 2.30. The first-order valence-corrected chi connectivity index (χ1v) is 5.27. The van der Waals surface area contributed by atoms with Gasteiger partial charge in [-0.15, -0.1) is 49.5 Å². The molecule has 0 saturated heterocycles. The molecule has 0 unspecified atom stereocenters. The standard InChI is InChI=1S/C12H12F3N3O.HI/c1-2-3-8-17-11(16)18-9-6-4-5-7-10(9)19-12(13,14)15;/h1,4-7H,3,8H2,(H3,16,17,18);1H. The SMILES string of the molecule is C#CCCN=C(N)Nc1ccccc1OC(F)(F)F.I. The molecule has 4 nitrogen and oxygen atoms in total. The number of nitrogens with two attached hydrogens (primary N) is 1. The van der Waals surface area contributed by atoms with Gasteiger partial charge in [0, 0.05) is 6.42 Å². The molecule has 0 saturated carbocycles. The molecule has 110 valence electrons. The first-order chi connectivity index (χ1) is 8.92. The number of anilines is 1. The van der Waals surface area contributed by atoms with Crippen molar-refractivity contribution in [2.24, 2.45) is 10.7 Å². The van der Waals surface area contributed by atoms with Gasteiger partial charge in [-0.2, -0.15) is 0 Å². The van der Waals surface area contributed by atoms with E-state index in [1.807, 2.05) is 0 Å². The van der Waals surface area contributed by atoms with E-state index < -0.39 is 6.36 Å². The lowest BCUT2D eigenvalue weighted by molar-refractivity contribution is -0.274. The topological polar surface area (TPSA) is 59.6 Å². The molecule has 3 N–H and O–H groups in total. The highest BCUT2D eigenvalue weighted by atomic mass is 127. The van der Waals surface area contributed by atoms with Crippen LogP contribution >= 0.6 is 24.0 Å². The van der Waals surface area contributed by atoms with E-state index in [0.29, 0.717) is 6.42 Å². The first kappa shape index (κ1) is 18.4. The molecule has 1 aromatic rings. The number of terminal acetylenes is 1. The van der Waals surface area contributed by atoms with Gasteiger partial charge in [-0.05, 0) is 12.1 Å². The van der Waals surface area contributed by atoms with E-state index in [0.717, 1.165) is 0 Å². The third-order valence-corrected chi connectivity index (χ3v) is 1.91. The number of guanidine groups is 1. The second kappa shape index (κ2) is 8.52. The van der Waals surface area contributed by atoms with Crippen molar-refractivity contribution >= 4 is 35.6 Å². The Balaban J connectivity index is 0.00000361. The number of nitrogens with zero attached hydrogens (tertiary/aromatic N) is 1. The zero-order valence-corrected chi connectivity index (χ0v) is 12.6. The molecule has 0 aromatic heterocycles. The molecule has 0 fully saturated rings. The fraction of sp³-hybridized carbons (Fsp3) is 0.250. The second-order valence-electron chi connectivity index (χ2n) is 3.39. The number of alkyl halides is 3. The van der Waals surface area contributed by atoms with Crippen molar-refractivity contribution in [3.63, 3.8) is 0 Å². The van der Waals surface area contributed by atoms with Crippen LogP contribution in [0.5, 0.6) is 5.75 Å². The molecule has 0 heterocycles. The molecule has 0 amide bonds. The van der Waals surface area contributed by atoms with Crippen LogP contribution in [0, 0.1) is 12.3 Å². The van der Waals surface area contributed by atoms with E-state index >= 15 is 0 Å². The fourth-order valence-electron chi connectivity index (χ4n) is 1.20. The van der Waals surface area contributed by atoms with E-state index in [1.54, 1.807) is 6.07 Å². The maximum Gasteiger partial charge on any atom is 0.573 e.